The van der Waals surface area contributed by atoms with Crippen LogP contribution in [0.25, 0.3) is 82.8 Å². The Morgan fingerprint density at radius 2 is 0.479 bits per heavy atom. The maximum atomic E-state index is 2.44. The molecule has 71 heavy (non-hydrogen) atoms. The first-order valence-corrected chi connectivity index (χ1v) is 24.3. The molecule has 0 bridgehead atoms. The third-order valence-corrected chi connectivity index (χ3v) is 14.0. The second-order valence-corrected chi connectivity index (χ2v) is 18.1. The lowest BCUT2D eigenvalue weighted by atomic mass is 9.90. The second kappa shape index (κ2) is 17.9. The van der Waals surface area contributed by atoms with Gasteiger partial charge in [0.2, 0.25) is 0 Å². The van der Waals surface area contributed by atoms with Crippen LogP contribution in [0.3, 0.4) is 0 Å². The Morgan fingerprint density at radius 1 is 0.211 bits per heavy atom. The van der Waals surface area contributed by atoms with Gasteiger partial charge in [0.15, 0.2) is 0 Å². The van der Waals surface area contributed by atoms with Crippen LogP contribution in [0.5, 0.6) is 0 Å². The predicted molar refractivity (Wildman–Crippen MR) is 301 cm³/mol. The fraction of sp³-hybridized carbons (Fsp3) is 0. The van der Waals surface area contributed by atoms with E-state index in [1.165, 1.54) is 77.1 Å². The molecule has 0 saturated heterocycles. The van der Waals surface area contributed by atoms with Crippen LogP contribution in [0.1, 0.15) is 0 Å². The van der Waals surface area contributed by atoms with E-state index in [1.54, 1.807) is 0 Å². The number of para-hydroxylation sites is 5. The van der Waals surface area contributed by atoms with Crippen LogP contribution >= 0.6 is 0 Å². The molecule has 0 radical (unpaired) electrons. The minimum absolute atomic E-state index is 1.12. The van der Waals surface area contributed by atoms with Gasteiger partial charge in [-0.05, 0) is 152 Å². The molecule has 0 amide bonds. The van der Waals surface area contributed by atoms with Crippen LogP contribution in [0, 0.1) is 0 Å². The van der Waals surface area contributed by atoms with E-state index >= 15 is 0 Å². The molecule has 0 spiro atoms. The molecule has 0 N–H and O–H groups in total. The van der Waals surface area contributed by atoms with E-state index in [-0.39, 0.29) is 0 Å². The first-order valence-electron chi connectivity index (χ1n) is 24.3. The van der Waals surface area contributed by atoms with Crippen molar-refractivity contribution in [1.82, 2.24) is 4.57 Å². The highest BCUT2D eigenvalue weighted by atomic mass is 15.1. The van der Waals surface area contributed by atoms with E-state index in [2.05, 4.69) is 299 Å². The second-order valence-electron chi connectivity index (χ2n) is 18.1. The summed E-state index contributed by atoms with van der Waals surface area (Å²) in [5.74, 6) is 0. The molecule has 3 nitrogen and oxygen atoms in total. The fourth-order valence-corrected chi connectivity index (χ4v) is 10.6. The molecular weight excluding hydrogens is 859 g/mol. The highest BCUT2D eigenvalue weighted by Crippen LogP contribution is 2.46. The zero-order valence-electron chi connectivity index (χ0n) is 39.0. The molecular formula is C68H47N3. The Kier molecular flexibility index (Phi) is 10.5. The molecule has 334 valence electrons. The van der Waals surface area contributed by atoms with E-state index in [0.29, 0.717) is 0 Å². The Bertz CT molecular complexity index is 3590. The molecule has 1 aromatic heterocycles. The van der Waals surface area contributed by atoms with Gasteiger partial charge < -0.3 is 14.4 Å². The van der Waals surface area contributed by atoms with Crippen LogP contribution < -0.4 is 9.80 Å². The maximum absolute atomic E-state index is 2.44. The highest BCUT2D eigenvalue weighted by Gasteiger charge is 2.22. The van der Waals surface area contributed by atoms with E-state index in [4.69, 9.17) is 0 Å². The molecule has 3 heteroatoms. The van der Waals surface area contributed by atoms with Gasteiger partial charge in [0, 0.05) is 50.6 Å². The monoisotopic (exact) mass is 905 g/mol. The average Bonchev–Trinajstić information content (AvgIpc) is 3.80. The van der Waals surface area contributed by atoms with Crippen molar-refractivity contribution in [2.24, 2.45) is 0 Å². The van der Waals surface area contributed by atoms with Crippen LogP contribution in [0.15, 0.2) is 285 Å². The van der Waals surface area contributed by atoms with Crippen molar-refractivity contribution < 1.29 is 0 Å². The van der Waals surface area contributed by atoms with Gasteiger partial charge >= 0.3 is 0 Å². The van der Waals surface area contributed by atoms with Gasteiger partial charge in [-0.2, -0.15) is 0 Å². The highest BCUT2D eigenvalue weighted by molar-refractivity contribution is 6.28. The number of benzene rings is 12. The van der Waals surface area contributed by atoms with Crippen molar-refractivity contribution in [3.63, 3.8) is 0 Å². The third kappa shape index (κ3) is 7.58. The Morgan fingerprint density at radius 3 is 0.803 bits per heavy atom. The maximum Gasteiger partial charge on any atom is 0.0547 e. The van der Waals surface area contributed by atoms with Crippen molar-refractivity contribution >= 4 is 66.7 Å². The standard InChI is InChI=1S/C68H47N3/c1-6-16-54(17-7-1)69(55-18-8-2-9-19-55)59-38-34-50(35-39-59)48-26-30-52(31-27-48)61-44-46-65-67-63(61)42-43-64-62(45-47-66(68(64)67)71(65)58-24-14-5-15-25-58)53-32-28-49(29-33-53)51-36-40-60(41-37-51)70(56-20-10-3-11-21-56)57-22-12-4-13-23-57/h1-47H. The summed E-state index contributed by atoms with van der Waals surface area (Å²) in [4.78, 5) is 4.60. The Balaban J connectivity index is 0.836. The molecule has 12 aromatic carbocycles. The number of nitrogens with zero attached hydrogens (tertiary/aromatic N) is 3. The van der Waals surface area contributed by atoms with Crippen molar-refractivity contribution in [3.8, 4) is 50.2 Å². The number of rotatable bonds is 11. The van der Waals surface area contributed by atoms with Gasteiger partial charge in [-0.25, -0.2) is 0 Å². The summed E-state index contributed by atoms with van der Waals surface area (Å²) in [7, 11) is 0. The minimum Gasteiger partial charge on any atom is -0.311 e. The Hall–Kier alpha value is -9.44. The summed E-state index contributed by atoms with van der Waals surface area (Å²) in [6.45, 7) is 0. The van der Waals surface area contributed by atoms with Gasteiger partial charge in [-0.3, -0.25) is 0 Å². The van der Waals surface area contributed by atoms with Gasteiger partial charge in [-0.1, -0.05) is 188 Å². The van der Waals surface area contributed by atoms with Crippen LogP contribution in [0.4, 0.5) is 34.1 Å². The Labute approximate surface area is 414 Å². The lowest BCUT2D eigenvalue weighted by molar-refractivity contribution is 1.18. The fourth-order valence-electron chi connectivity index (χ4n) is 10.6. The molecule has 13 rings (SSSR count). The zero-order valence-corrected chi connectivity index (χ0v) is 39.0. The quantitative estimate of drug-likeness (QED) is 0.120. The van der Waals surface area contributed by atoms with Gasteiger partial charge in [-0.15, -0.1) is 0 Å². The van der Waals surface area contributed by atoms with Crippen LogP contribution in [-0.2, 0) is 0 Å². The summed E-state index contributed by atoms with van der Waals surface area (Å²) in [5, 5.41) is 5.09. The van der Waals surface area contributed by atoms with E-state index < -0.39 is 0 Å². The van der Waals surface area contributed by atoms with E-state index in [0.717, 1.165) is 39.8 Å². The SMILES string of the molecule is c1ccc(N(c2ccccc2)c2ccc(-c3ccc(-c4ccc5c6c4ccc4c(-c7ccc(-c8ccc(N(c9ccccc9)c9ccccc9)cc8)cc7)ccc(c46)n5-c4ccccc4)cc3)cc2)cc1. The lowest BCUT2D eigenvalue weighted by Crippen LogP contribution is -2.09. The molecule has 0 saturated carbocycles. The summed E-state index contributed by atoms with van der Waals surface area (Å²) in [5.41, 5.74) is 19.9. The predicted octanol–water partition coefficient (Wildman–Crippen LogP) is 19.0. The summed E-state index contributed by atoms with van der Waals surface area (Å²) >= 11 is 0. The first-order chi connectivity index (χ1) is 35.2. The smallest absolute Gasteiger partial charge is 0.0547 e. The molecule has 0 unspecified atom stereocenters. The number of hydrogen-bond acceptors (Lipinski definition) is 2. The largest absolute Gasteiger partial charge is 0.311 e. The zero-order chi connectivity index (χ0) is 47.1. The van der Waals surface area contributed by atoms with Gasteiger partial charge in [0.05, 0.1) is 11.0 Å². The topological polar surface area (TPSA) is 11.4 Å². The molecule has 0 aliphatic heterocycles. The number of hydrogen-bond donors (Lipinski definition) is 0. The molecule has 13 aromatic rings. The van der Waals surface area contributed by atoms with Crippen molar-refractivity contribution in [3.05, 3.63) is 285 Å². The van der Waals surface area contributed by atoms with Crippen LogP contribution in [0.2, 0.25) is 0 Å². The summed E-state index contributed by atoms with van der Waals surface area (Å²) < 4.78 is 2.44. The van der Waals surface area contributed by atoms with E-state index in [9.17, 15) is 0 Å². The minimum atomic E-state index is 1.12. The van der Waals surface area contributed by atoms with Crippen molar-refractivity contribution in [1.29, 1.82) is 0 Å². The molecule has 0 fully saturated rings. The van der Waals surface area contributed by atoms with Gasteiger partial charge in [0.1, 0.15) is 0 Å². The van der Waals surface area contributed by atoms with Gasteiger partial charge in [0.25, 0.3) is 0 Å². The number of anilines is 6. The normalized spacial score (nSPS) is 11.4. The average molecular weight is 906 g/mol. The van der Waals surface area contributed by atoms with E-state index in [1.807, 2.05) is 0 Å². The summed E-state index contributed by atoms with van der Waals surface area (Å²) in [6, 6.07) is 103. The molecule has 0 aliphatic carbocycles. The molecule has 0 aliphatic rings. The molecule has 1 heterocycles. The van der Waals surface area contributed by atoms with Crippen molar-refractivity contribution in [2.45, 2.75) is 0 Å². The van der Waals surface area contributed by atoms with Crippen LogP contribution in [-0.4, -0.2) is 4.57 Å². The lowest BCUT2D eigenvalue weighted by Gasteiger charge is -2.25. The third-order valence-electron chi connectivity index (χ3n) is 14.0. The first kappa shape index (κ1) is 41.7. The molecule has 0 atom stereocenters. The van der Waals surface area contributed by atoms with Crippen molar-refractivity contribution in [2.75, 3.05) is 9.80 Å². The summed E-state index contributed by atoms with van der Waals surface area (Å²) in [6.07, 6.45) is 0. The number of aromatic nitrogens is 1.